The number of aryl methyl sites for hydroxylation is 1. The Bertz CT molecular complexity index is 636. The van der Waals surface area contributed by atoms with Crippen LogP contribution < -0.4 is 4.74 Å². The van der Waals surface area contributed by atoms with E-state index in [4.69, 9.17) is 23.4 Å². The molecule has 0 bridgehead atoms. The van der Waals surface area contributed by atoms with Crippen molar-refractivity contribution >= 4 is 0 Å². The molecular formula is C22H28CrO5. The topological polar surface area (TPSA) is 78.2 Å². The van der Waals surface area contributed by atoms with Gasteiger partial charge in [0.2, 0.25) is 0 Å². The maximum Gasteiger partial charge on any atom is 0 e. The Morgan fingerprint density at radius 3 is 2.18 bits per heavy atom. The van der Waals surface area contributed by atoms with Gasteiger partial charge in [0.1, 0.15) is 5.75 Å². The second-order valence-electron chi connectivity index (χ2n) is 7.47. The minimum absolute atomic E-state index is 0. The molecular weight excluding hydrogens is 396 g/mol. The summed E-state index contributed by atoms with van der Waals surface area (Å²) in [6.45, 7) is 19.3. The van der Waals surface area contributed by atoms with Crippen LogP contribution in [0.1, 0.15) is 50.7 Å². The van der Waals surface area contributed by atoms with E-state index in [1.54, 1.807) is 7.11 Å². The van der Waals surface area contributed by atoms with Crippen LogP contribution in [0.5, 0.6) is 5.75 Å². The molecule has 5 nitrogen and oxygen atoms in total. The minimum Gasteiger partial charge on any atom is 0 e. The van der Waals surface area contributed by atoms with Crippen molar-refractivity contribution in [3.8, 4) is 5.75 Å². The molecule has 0 radical (unpaired) electrons. The van der Waals surface area contributed by atoms with Crippen molar-refractivity contribution in [1.29, 1.82) is 0 Å². The molecule has 1 unspecified atom stereocenters. The normalized spacial score (nSPS) is 26.4. The predicted molar refractivity (Wildman–Crippen MR) is 97.8 cm³/mol. The monoisotopic (exact) mass is 424 g/mol. The molecule has 0 spiro atoms. The fourth-order valence-electron chi connectivity index (χ4n) is 5.20. The van der Waals surface area contributed by atoms with E-state index in [9.17, 15) is 0 Å². The summed E-state index contributed by atoms with van der Waals surface area (Å²) in [7, 11) is 3.61. The molecule has 1 aromatic carbocycles. The first-order valence-electron chi connectivity index (χ1n) is 8.81. The molecule has 6 heteroatoms. The van der Waals surface area contributed by atoms with Crippen molar-refractivity contribution in [3.05, 3.63) is 49.3 Å². The van der Waals surface area contributed by atoms with E-state index < -0.39 is 0 Å². The van der Waals surface area contributed by atoms with E-state index in [0.29, 0.717) is 11.3 Å². The van der Waals surface area contributed by atoms with Gasteiger partial charge in [0.15, 0.2) is 0 Å². The number of rotatable bonds is 3. The van der Waals surface area contributed by atoms with Crippen LogP contribution in [-0.2, 0) is 47.9 Å². The van der Waals surface area contributed by atoms with Crippen LogP contribution in [-0.4, -0.2) is 20.8 Å². The first-order valence-corrected chi connectivity index (χ1v) is 8.81. The zero-order chi connectivity index (χ0) is 21.1. The predicted octanol–water partition coefficient (Wildman–Crippen LogP) is 4.24. The molecule has 0 aromatic heterocycles. The van der Waals surface area contributed by atoms with Gasteiger partial charge < -0.3 is 9.47 Å². The van der Waals surface area contributed by atoms with Gasteiger partial charge in [0.05, 0.1) is 13.7 Å². The zero-order valence-corrected chi connectivity index (χ0v) is 18.3. The third kappa shape index (κ3) is 5.87. The van der Waals surface area contributed by atoms with Gasteiger partial charge >= 0.3 is 33.9 Å². The zero-order valence-electron chi connectivity index (χ0n) is 17.0. The Morgan fingerprint density at radius 2 is 1.64 bits per heavy atom. The molecule has 1 fully saturated rings. The van der Waals surface area contributed by atoms with Gasteiger partial charge in [-0.15, -0.1) is 0 Å². The van der Waals surface area contributed by atoms with E-state index in [-0.39, 0.29) is 22.8 Å². The van der Waals surface area contributed by atoms with E-state index in [0.717, 1.165) is 12.4 Å². The summed E-state index contributed by atoms with van der Waals surface area (Å²) >= 11 is 0. The van der Waals surface area contributed by atoms with Gasteiger partial charge in [-0.05, 0) is 65.7 Å². The molecule has 1 aromatic rings. The van der Waals surface area contributed by atoms with Crippen molar-refractivity contribution in [2.75, 3.05) is 20.8 Å². The second kappa shape index (κ2) is 13.8. The Balaban J connectivity index is 0. The quantitative estimate of drug-likeness (QED) is 0.538. The van der Waals surface area contributed by atoms with Crippen LogP contribution in [0.25, 0.3) is 0 Å². The summed E-state index contributed by atoms with van der Waals surface area (Å²) < 4.78 is 33.6. The van der Waals surface area contributed by atoms with Crippen LogP contribution >= 0.6 is 0 Å². The smallest absolute Gasteiger partial charge is 0 e. The maximum absolute atomic E-state index is 7.50. The molecule has 0 heterocycles. The summed E-state index contributed by atoms with van der Waals surface area (Å²) in [6, 6.07) is 6.68. The summed E-state index contributed by atoms with van der Waals surface area (Å²) in [5.74, 6) is 1.70. The van der Waals surface area contributed by atoms with Crippen molar-refractivity contribution in [2.45, 2.75) is 51.4 Å². The van der Waals surface area contributed by atoms with Gasteiger partial charge in [0, 0.05) is 24.5 Å². The molecule has 0 saturated heterocycles. The largest absolute Gasteiger partial charge is 0 e. The number of benzene rings is 1. The van der Waals surface area contributed by atoms with Crippen LogP contribution in [0.2, 0.25) is 0 Å². The molecule has 0 amide bonds. The number of ether oxygens (including phenoxy) is 2. The molecule has 2 aliphatic carbocycles. The van der Waals surface area contributed by atoms with E-state index >= 15 is 0 Å². The van der Waals surface area contributed by atoms with Gasteiger partial charge in [0.25, 0.3) is 0 Å². The van der Waals surface area contributed by atoms with Crippen molar-refractivity contribution in [1.82, 2.24) is 0 Å². The average molecular weight is 424 g/mol. The molecule has 0 aliphatic heterocycles. The van der Waals surface area contributed by atoms with Gasteiger partial charge in [-0.1, -0.05) is 26.3 Å². The fourth-order valence-corrected chi connectivity index (χ4v) is 5.20. The van der Waals surface area contributed by atoms with Gasteiger partial charge in [-0.25, -0.2) is 0 Å². The van der Waals surface area contributed by atoms with Crippen LogP contribution in [0.3, 0.4) is 0 Å². The molecule has 3 rings (SSSR count). The average Bonchev–Trinajstić information content (AvgIpc) is 2.72. The van der Waals surface area contributed by atoms with Crippen molar-refractivity contribution < 1.29 is 40.8 Å². The molecule has 0 N–H and O–H groups in total. The Hall–Kier alpha value is -1.27. The summed E-state index contributed by atoms with van der Waals surface area (Å²) in [6.07, 6.45) is 6.36. The van der Waals surface area contributed by atoms with E-state index in [2.05, 4.69) is 52.0 Å². The first-order chi connectivity index (χ1) is 13.0. The Labute approximate surface area is 179 Å². The third-order valence-corrected chi connectivity index (χ3v) is 6.16. The van der Waals surface area contributed by atoms with Crippen LogP contribution in [0.4, 0.5) is 0 Å². The van der Waals surface area contributed by atoms with E-state index in [1.807, 2.05) is 7.11 Å². The maximum atomic E-state index is 7.50. The van der Waals surface area contributed by atoms with Crippen LogP contribution in [0, 0.1) is 31.3 Å². The summed E-state index contributed by atoms with van der Waals surface area (Å²) in [5, 5.41) is 0. The second-order valence-corrected chi connectivity index (χ2v) is 7.47. The van der Waals surface area contributed by atoms with Crippen LogP contribution in [0.15, 0.2) is 18.2 Å². The standard InChI is InChI=1S/C19H28O2.3CO.Cr/c1-18(13-20-3)10-5-11-19(2)16-12-15(21-4)8-6-14(16)7-9-17(18)19;3*1-2;/h6,8,12,17H,5,7,9-11,13H2,1-4H3;;;;/t17?,18-,19-;;;;/m1..../s1. The number of fused-ring (bicyclic) bond motifs is 3. The van der Waals surface area contributed by atoms with E-state index in [1.165, 1.54) is 43.2 Å². The third-order valence-electron chi connectivity index (χ3n) is 6.16. The fraction of sp³-hybridized carbons (Fsp3) is 0.591. The minimum atomic E-state index is 0. The van der Waals surface area contributed by atoms with Gasteiger partial charge in [-0.3, -0.25) is 0 Å². The molecule has 28 heavy (non-hydrogen) atoms. The molecule has 152 valence electrons. The first kappa shape index (κ1) is 28.9. The van der Waals surface area contributed by atoms with Crippen molar-refractivity contribution in [3.63, 3.8) is 0 Å². The summed E-state index contributed by atoms with van der Waals surface area (Å²) in [5.41, 5.74) is 3.63. The number of hydrogen-bond acceptors (Lipinski definition) is 2. The Kier molecular flexibility index (Phi) is 14.3. The van der Waals surface area contributed by atoms with Crippen molar-refractivity contribution in [2.24, 2.45) is 11.3 Å². The number of methoxy groups -OCH3 is 2. The molecule has 1 saturated carbocycles. The van der Waals surface area contributed by atoms with Gasteiger partial charge in [-0.2, -0.15) is 0 Å². The Morgan fingerprint density at radius 1 is 1.04 bits per heavy atom. The summed E-state index contributed by atoms with van der Waals surface area (Å²) in [4.78, 5) is 0. The molecule has 3 atom stereocenters. The SMILES string of the molecule is COC[C@@]1(C)CCC[C@]2(C)c3cc(OC)ccc3CCC12.[C-]#[O+].[C-]#[O+].[C-]#[O+].[Cr]. The molecule has 2 aliphatic rings. The number of hydrogen-bond donors (Lipinski definition) is 0.